The summed E-state index contributed by atoms with van der Waals surface area (Å²) in [6.07, 6.45) is 0. The lowest BCUT2D eigenvalue weighted by molar-refractivity contribution is 0.0488. The highest BCUT2D eigenvalue weighted by Crippen LogP contribution is 2.31. The van der Waals surface area contributed by atoms with Gasteiger partial charge in [0, 0.05) is 10.0 Å². The van der Waals surface area contributed by atoms with Crippen molar-refractivity contribution in [2.75, 3.05) is 6.61 Å². The molecule has 112 valence electrons. The van der Waals surface area contributed by atoms with Crippen LogP contribution in [0.25, 0.3) is 11.5 Å². The fraction of sp³-hybridized carbons (Fsp3) is 0.375. The Morgan fingerprint density at radius 3 is 2.76 bits per heavy atom. The van der Waals surface area contributed by atoms with Gasteiger partial charge >= 0.3 is 5.97 Å². The Balaban J connectivity index is 2.54. The minimum atomic E-state index is -0.465. The summed E-state index contributed by atoms with van der Waals surface area (Å²) in [5.74, 6) is 0.253. The monoisotopic (exact) mass is 351 g/mol. The summed E-state index contributed by atoms with van der Waals surface area (Å²) in [6, 6.07) is 5.79. The minimum absolute atomic E-state index is 0.0781. The number of benzene rings is 1. The third-order valence-corrected chi connectivity index (χ3v) is 4.02. The maximum Gasteiger partial charge on any atom is 0.376 e. The fourth-order valence-corrected chi connectivity index (χ4v) is 2.39. The van der Waals surface area contributed by atoms with Crippen LogP contribution in [0.2, 0.25) is 0 Å². The number of carbonyl (C=O) groups is 1. The van der Waals surface area contributed by atoms with Gasteiger partial charge in [0.15, 0.2) is 0 Å². The number of hydrogen-bond donors (Lipinski definition) is 0. The first-order chi connectivity index (χ1) is 9.95. The predicted molar refractivity (Wildman–Crippen MR) is 84.4 cm³/mol. The van der Waals surface area contributed by atoms with Crippen molar-refractivity contribution in [3.8, 4) is 11.5 Å². The van der Waals surface area contributed by atoms with Gasteiger partial charge in [-0.3, -0.25) is 0 Å². The van der Waals surface area contributed by atoms with Crippen molar-refractivity contribution >= 4 is 21.9 Å². The molecule has 0 saturated carbocycles. The van der Waals surface area contributed by atoms with Crippen LogP contribution >= 0.6 is 15.9 Å². The Morgan fingerprint density at radius 2 is 2.14 bits per heavy atom. The zero-order valence-electron chi connectivity index (χ0n) is 12.6. The van der Waals surface area contributed by atoms with Crippen LogP contribution in [0.5, 0.6) is 0 Å². The van der Waals surface area contributed by atoms with Gasteiger partial charge in [-0.05, 0) is 37.5 Å². The van der Waals surface area contributed by atoms with Gasteiger partial charge in [-0.15, -0.1) is 0 Å². The van der Waals surface area contributed by atoms with Gasteiger partial charge in [-0.25, -0.2) is 9.78 Å². The first-order valence-electron chi connectivity index (χ1n) is 6.89. The molecule has 0 atom stereocenters. The van der Waals surface area contributed by atoms with E-state index in [1.807, 2.05) is 39.0 Å². The molecule has 0 spiro atoms. The van der Waals surface area contributed by atoms with E-state index in [-0.39, 0.29) is 11.7 Å². The summed E-state index contributed by atoms with van der Waals surface area (Å²) >= 11 is 3.49. The van der Waals surface area contributed by atoms with E-state index in [9.17, 15) is 4.79 Å². The van der Waals surface area contributed by atoms with Crippen LogP contribution in [-0.2, 0) is 4.74 Å². The Hall–Kier alpha value is -1.62. The van der Waals surface area contributed by atoms with E-state index >= 15 is 0 Å². The minimum Gasteiger partial charge on any atom is -0.460 e. The number of oxazole rings is 1. The van der Waals surface area contributed by atoms with Gasteiger partial charge < -0.3 is 9.15 Å². The van der Waals surface area contributed by atoms with Crippen LogP contribution in [0, 0.1) is 6.92 Å². The summed E-state index contributed by atoms with van der Waals surface area (Å²) < 4.78 is 11.7. The smallest absolute Gasteiger partial charge is 0.376 e. The molecule has 0 saturated heterocycles. The third kappa shape index (κ3) is 3.18. The maximum absolute atomic E-state index is 12.0. The first kappa shape index (κ1) is 15.8. The Labute approximate surface area is 132 Å². The van der Waals surface area contributed by atoms with Gasteiger partial charge in [0.05, 0.1) is 12.3 Å². The van der Waals surface area contributed by atoms with Crippen LogP contribution in [0.1, 0.15) is 48.5 Å². The summed E-state index contributed by atoms with van der Waals surface area (Å²) in [5.41, 5.74) is 2.51. The second kappa shape index (κ2) is 6.43. The van der Waals surface area contributed by atoms with Gasteiger partial charge in [0.1, 0.15) is 0 Å². The largest absolute Gasteiger partial charge is 0.460 e. The van der Waals surface area contributed by atoms with Crippen molar-refractivity contribution < 1.29 is 13.9 Å². The molecule has 0 bridgehead atoms. The quantitative estimate of drug-likeness (QED) is 0.748. The number of nitrogens with zero attached hydrogens (tertiary/aromatic N) is 1. The van der Waals surface area contributed by atoms with Crippen molar-refractivity contribution in [3.63, 3.8) is 0 Å². The number of ether oxygens (including phenoxy) is 1. The standard InChI is InChI=1S/C16H18BrNO3/c1-5-20-16(19)14-13(9(2)3)18-15(21-14)11-7-6-8-12(17)10(11)4/h6-9H,5H2,1-4H3. The third-order valence-electron chi connectivity index (χ3n) is 3.16. The van der Waals surface area contributed by atoms with E-state index in [4.69, 9.17) is 9.15 Å². The molecule has 0 radical (unpaired) electrons. The number of halogens is 1. The number of aromatic nitrogens is 1. The highest BCUT2D eigenvalue weighted by Gasteiger charge is 2.24. The molecule has 0 aliphatic heterocycles. The molecule has 5 heteroatoms. The molecule has 1 aromatic carbocycles. The number of carbonyl (C=O) groups excluding carboxylic acids is 1. The molecule has 0 aliphatic rings. The summed E-state index contributed by atoms with van der Waals surface area (Å²) in [5, 5.41) is 0. The Bertz CT molecular complexity index is 662. The molecule has 0 fully saturated rings. The fourth-order valence-electron chi connectivity index (χ4n) is 2.02. The van der Waals surface area contributed by atoms with E-state index in [0.717, 1.165) is 15.6 Å². The van der Waals surface area contributed by atoms with Crippen LogP contribution in [0.3, 0.4) is 0 Å². The lowest BCUT2D eigenvalue weighted by Crippen LogP contribution is -2.07. The average molecular weight is 352 g/mol. The summed E-state index contributed by atoms with van der Waals surface area (Å²) in [6.45, 7) is 7.99. The molecule has 21 heavy (non-hydrogen) atoms. The van der Waals surface area contributed by atoms with Crippen LogP contribution < -0.4 is 0 Å². The normalized spacial score (nSPS) is 11.0. The molecule has 2 rings (SSSR count). The molecular weight excluding hydrogens is 334 g/mol. The lowest BCUT2D eigenvalue weighted by Gasteiger charge is -2.03. The van der Waals surface area contributed by atoms with Gasteiger partial charge in [0.25, 0.3) is 0 Å². The number of hydrogen-bond acceptors (Lipinski definition) is 4. The summed E-state index contributed by atoms with van der Waals surface area (Å²) in [7, 11) is 0. The molecule has 0 unspecified atom stereocenters. The highest BCUT2D eigenvalue weighted by atomic mass is 79.9. The molecule has 2 aromatic rings. The first-order valence-corrected chi connectivity index (χ1v) is 7.68. The maximum atomic E-state index is 12.0. The highest BCUT2D eigenvalue weighted by molar-refractivity contribution is 9.10. The lowest BCUT2D eigenvalue weighted by atomic mass is 10.1. The van der Waals surface area contributed by atoms with Crippen LogP contribution in [-0.4, -0.2) is 17.6 Å². The van der Waals surface area contributed by atoms with Crippen LogP contribution in [0.4, 0.5) is 0 Å². The summed E-state index contributed by atoms with van der Waals surface area (Å²) in [4.78, 5) is 16.5. The zero-order chi connectivity index (χ0) is 15.6. The molecule has 1 heterocycles. The molecule has 0 amide bonds. The second-order valence-electron chi connectivity index (χ2n) is 5.02. The average Bonchev–Trinajstić information content (AvgIpc) is 2.87. The molecule has 0 aliphatic carbocycles. The van der Waals surface area contributed by atoms with Gasteiger partial charge in [-0.2, -0.15) is 0 Å². The van der Waals surface area contributed by atoms with Crippen molar-refractivity contribution in [2.45, 2.75) is 33.6 Å². The number of esters is 1. The Morgan fingerprint density at radius 1 is 1.43 bits per heavy atom. The van der Waals surface area contributed by atoms with Crippen LogP contribution in [0.15, 0.2) is 27.1 Å². The predicted octanol–water partition coefficient (Wildman–Crippen LogP) is 4.71. The van der Waals surface area contributed by atoms with E-state index in [1.54, 1.807) is 6.92 Å². The molecule has 0 N–H and O–H groups in total. The van der Waals surface area contributed by atoms with E-state index in [0.29, 0.717) is 18.2 Å². The van der Waals surface area contributed by atoms with Crippen molar-refractivity contribution in [1.82, 2.24) is 4.98 Å². The number of rotatable bonds is 4. The molecule has 4 nitrogen and oxygen atoms in total. The van der Waals surface area contributed by atoms with Crippen molar-refractivity contribution in [1.29, 1.82) is 0 Å². The molecular formula is C16H18BrNO3. The van der Waals surface area contributed by atoms with E-state index < -0.39 is 5.97 Å². The second-order valence-corrected chi connectivity index (χ2v) is 5.88. The Kier molecular flexibility index (Phi) is 4.83. The molecule has 1 aromatic heterocycles. The van der Waals surface area contributed by atoms with Gasteiger partial charge in [-0.1, -0.05) is 35.8 Å². The van der Waals surface area contributed by atoms with Gasteiger partial charge in [0.2, 0.25) is 11.7 Å². The van der Waals surface area contributed by atoms with Crippen molar-refractivity contribution in [3.05, 3.63) is 39.7 Å². The SMILES string of the molecule is CCOC(=O)c1oc(-c2cccc(Br)c2C)nc1C(C)C. The van der Waals surface area contributed by atoms with Crippen molar-refractivity contribution in [2.24, 2.45) is 0 Å². The topological polar surface area (TPSA) is 52.3 Å². The van der Waals surface area contributed by atoms with E-state index in [1.165, 1.54) is 0 Å². The van der Waals surface area contributed by atoms with E-state index in [2.05, 4.69) is 20.9 Å². The zero-order valence-corrected chi connectivity index (χ0v) is 14.2.